The number of aromatic amines is 1. The molecule has 6 nitrogen and oxygen atoms in total. The Morgan fingerprint density at radius 1 is 1.12 bits per heavy atom. The summed E-state index contributed by atoms with van der Waals surface area (Å²) in [5.74, 6) is -3.62. The molecule has 1 unspecified atom stereocenters. The Bertz CT molecular complexity index is 1400. The van der Waals surface area contributed by atoms with Crippen molar-refractivity contribution in [2.24, 2.45) is 4.99 Å². The van der Waals surface area contributed by atoms with Crippen LogP contribution in [0.25, 0.3) is 6.08 Å². The smallest absolute Gasteiger partial charge is 0.262 e. The largest absolute Gasteiger partial charge is 0.503 e. The highest BCUT2D eigenvalue weighted by Gasteiger charge is 2.19. The first-order valence-electron chi connectivity index (χ1n) is 9.56. The standard InChI is InChI=1S/C23H17F2N3O3S/c1-12(13-5-3-2-4-6-13)28-22(31)16(21(30)27-23(28)32)11-15-7-8-19(26-15)14-9-17(24)20(29)18(25)10-14/h2-12,29,31H,1H3,(H,27,30,32). The van der Waals surface area contributed by atoms with Gasteiger partial charge in [0, 0.05) is 5.56 Å². The molecule has 0 aliphatic carbocycles. The van der Waals surface area contributed by atoms with Gasteiger partial charge < -0.3 is 10.2 Å². The Labute approximate surface area is 186 Å². The van der Waals surface area contributed by atoms with Crippen LogP contribution in [0.5, 0.6) is 11.6 Å². The zero-order chi connectivity index (χ0) is 23.0. The molecule has 0 amide bonds. The van der Waals surface area contributed by atoms with Gasteiger partial charge >= 0.3 is 0 Å². The van der Waals surface area contributed by atoms with Gasteiger partial charge in [0.25, 0.3) is 5.56 Å². The topological polar surface area (TPSA) is 90.6 Å². The summed E-state index contributed by atoms with van der Waals surface area (Å²) < 4.78 is 28.8. The van der Waals surface area contributed by atoms with E-state index in [0.29, 0.717) is 0 Å². The number of hydrogen-bond acceptors (Lipinski definition) is 5. The molecule has 32 heavy (non-hydrogen) atoms. The molecule has 2 aromatic carbocycles. The lowest BCUT2D eigenvalue weighted by atomic mass is 10.1. The summed E-state index contributed by atoms with van der Waals surface area (Å²) in [7, 11) is 0. The van der Waals surface area contributed by atoms with E-state index in [-0.39, 0.29) is 39.2 Å². The maximum atomic E-state index is 13.7. The number of allylic oxidation sites excluding steroid dienone is 2. The van der Waals surface area contributed by atoms with Gasteiger partial charge in [-0.3, -0.25) is 14.3 Å². The second kappa shape index (κ2) is 8.35. The van der Waals surface area contributed by atoms with E-state index in [1.807, 2.05) is 37.3 Å². The molecule has 2 heterocycles. The van der Waals surface area contributed by atoms with E-state index in [2.05, 4.69) is 9.98 Å². The number of rotatable bonds is 4. The molecule has 0 spiro atoms. The molecule has 0 saturated heterocycles. The Kier molecular flexibility index (Phi) is 5.58. The zero-order valence-electron chi connectivity index (χ0n) is 16.7. The van der Waals surface area contributed by atoms with Gasteiger partial charge in [0.05, 0.1) is 17.5 Å². The van der Waals surface area contributed by atoms with Crippen molar-refractivity contribution in [2.45, 2.75) is 13.0 Å². The Hall–Kier alpha value is -3.85. The molecule has 4 rings (SSSR count). The summed E-state index contributed by atoms with van der Waals surface area (Å²) in [5.41, 5.74) is 0.844. The average Bonchev–Trinajstić information content (AvgIpc) is 3.24. The Morgan fingerprint density at radius 3 is 2.44 bits per heavy atom. The van der Waals surface area contributed by atoms with E-state index in [4.69, 9.17) is 12.2 Å². The zero-order valence-corrected chi connectivity index (χ0v) is 17.5. The number of nitrogens with one attached hydrogen (secondary N) is 1. The van der Waals surface area contributed by atoms with Gasteiger partial charge in [0.2, 0.25) is 5.88 Å². The first-order valence-corrected chi connectivity index (χ1v) is 9.96. The van der Waals surface area contributed by atoms with Crippen molar-refractivity contribution in [2.75, 3.05) is 0 Å². The van der Waals surface area contributed by atoms with E-state index in [1.54, 1.807) is 0 Å². The van der Waals surface area contributed by atoms with Crippen LogP contribution >= 0.6 is 12.2 Å². The van der Waals surface area contributed by atoms with Gasteiger partial charge in [-0.1, -0.05) is 30.3 Å². The predicted octanol–water partition coefficient (Wildman–Crippen LogP) is 4.60. The van der Waals surface area contributed by atoms with Crippen molar-refractivity contribution in [3.8, 4) is 11.6 Å². The molecular formula is C23H17F2N3O3S. The normalized spacial score (nSPS) is 15.2. The van der Waals surface area contributed by atoms with E-state index in [9.17, 15) is 23.8 Å². The highest BCUT2D eigenvalue weighted by atomic mass is 32.1. The van der Waals surface area contributed by atoms with E-state index >= 15 is 0 Å². The second-order valence-electron chi connectivity index (χ2n) is 7.14. The molecule has 1 aromatic heterocycles. The first kappa shape index (κ1) is 21.4. The fourth-order valence-electron chi connectivity index (χ4n) is 3.40. The summed E-state index contributed by atoms with van der Waals surface area (Å²) in [4.78, 5) is 19.3. The van der Waals surface area contributed by atoms with Crippen LogP contribution in [0, 0.1) is 16.4 Å². The van der Waals surface area contributed by atoms with Crippen LogP contribution < -0.4 is 5.56 Å². The molecule has 0 fully saturated rings. The molecule has 1 aliphatic rings. The van der Waals surface area contributed by atoms with E-state index in [1.165, 1.54) is 22.8 Å². The molecule has 162 valence electrons. The SMILES string of the molecule is CC(c1ccccc1)n1c(O)c(C=C2C=CC(c3cc(F)c(O)c(F)c3)=N2)c(=O)[nH]c1=S. The number of halogens is 2. The van der Waals surface area contributed by atoms with Gasteiger partial charge in [-0.05, 0) is 55.1 Å². The lowest BCUT2D eigenvalue weighted by Crippen LogP contribution is -2.19. The molecule has 3 N–H and O–H groups in total. The number of phenols is 1. The minimum Gasteiger partial charge on any atom is -0.503 e. The van der Waals surface area contributed by atoms with Crippen LogP contribution in [0.15, 0.2) is 70.1 Å². The van der Waals surface area contributed by atoms with Crippen LogP contribution in [0.2, 0.25) is 0 Å². The molecule has 1 aliphatic heterocycles. The van der Waals surface area contributed by atoms with Crippen LogP contribution in [-0.4, -0.2) is 25.5 Å². The lowest BCUT2D eigenvalue weighted by molar-refractivity contribution is 0.392. The third-order valence-corrected chi connectivity index (χ3v) is 5.39. The third kappa shape index (κ3) is 3.90. The van der Waals surface area contributed by atoms with Crippen molar-refractivity contribution in [3.05, 3.63) is 104 Å². The molecule has 0 bridgehead atoms. The molecule has 0 saturated carbocycles. The average molecular weight is 453 g/mol. The van der Waals surface area contributed by atoms with Crippen LogP contribution in [0.4, 0.5) is 8.78 Å². The van der Waals surface area contributed by atoms with Crippen LogP contribution in [0.3, 0.4) is 0 Å². The predicted molar refractivity (Wildman–Crippen MR) is 119 cm³/mol. The van der Waals surface area contributed by atoms with Crippen molar-refractivity contribution < 1.29 is 19.0 Å². The van der Waals surface area contributed by atoms with Crippen molar-refractivity contribution >= 4 is 24.0 Å². The van der Waals surface area contributed by atoms with E-state index in [0.717, 1.165) is 17.7 Å². The summed E-state index contributed by atoms with van der Waals surface area (Å²) in [6.07, 6.45) is 4.39. The van der Waals surface area contributed by atoms with Crippen LogP contribution in [-0.2, 0) is 0 Å². The number of benzene rings is 2. The van der Waals surface area contributed by atoms with Crippen molar-refractivity contribution in [3.63, 3.8) is 0 Å². The number of phenolic OH excluding ortho intramolecular Hbond substituents is 1. The van der Waals surface area contributed by atoms with Gasteiger partial charge in [-0.15, -0.1) is 0 Å². The fourth-order valence-corrected chi connectivity index (χ4v) is 3.74. The van der Waals surface area contributed by atoms with Gasteiger partial charge in [-0.2, -0.15) is 0 Å². The lowest BCUT2D eigenvalue weighted by Gasteiger charge is -2.19. The number of nitrogens with zero attached hydrogens (tertiary/aromatic N) is 2. The molecular weight excluding hydrogens is 436 g/mol. The fraction of sp³-hybridized carbons (Fsp3) is 0.0870. The first-order chi connectivity index (χ1) is 15.3. The quantitative estimate of drug-likeness (QED) is 0.504. The number of aromatic nitrogens is 2. The number of aromatic hydroxyl groups is 2. The Balaban J connectivity index is 1.76. The van der Waals surface area contributed by atoms with Crippen molar-refractivity contribution in [1.82, 2.24) is 9.55 Å². The number of aliphatic imine (C=N–C) groups is 1. The van der Waals surface area contributed by atoms with Gasteiger partial charge in [0.1, 0.15) is 5.56 Å². The molecule has 0 radical (unpaired) electrons. The van der Waals surface area contributed by atoms with Gasteiger partial charge in [0.15, 0.2) is 22.2 Å². The minimum atomic E-state index is -1.11. The third-order valence-electron chi connectivity index (χ3n) is 5.09. The summed E-state index contributed by atoms with van der Waals surface area (Å²) >= 11 is 5.26. The van der Waals surface area contributed by atoms with Gasteiger partial charge in [-0.25, -0.2) is 13.8 Å². The molecule has 9 heteroatoms. The summed E-state index contributed by atoms with van der Waals surface area (Å²) in [6, 6.07) is 10.9. The second-order valence-corrected chi connectivity index (χ2v) is 7.53. The monoisotopic (exact) mass is 453 g/mol. The Morgan fingerprint density at radius 2 is 1.78 bits per heavy atom. The highest BCUT2D eigenvalue weighted by Crippen LogP contribution is 2.28. The van der Waals surface area contributed by atoms with Crippen LogP contribution in [0.1, 0.15) is 29.7 Å². The number of H-pyrrole nitrogens is 1. The van der Waals surface area contributed by atoms with E-state index < -0.39 is 22.9 Å². The molecule has 1 atom stereocenters. The minimum absolute atomic E-state index is 0.0610. The summed E-state index contributed by atoms with van der Waals surface area (Å²) in [6.45, 7) is 1.83. The highest BCUT2D eigenvalue weighted by molar-refractivity contribution is 7.71. The maximum absolute atomic E-state index is 13.7. The maximum Gasteiger partial charge on any atom is 0.262 e. The number of hydrogen-bond donors (Lipinski definition) is 3. The summed E-state index contributed by atoms with van der Waals surface area (Å²) in [5, 5.41) is 20.1. The van der Waals surface area contributed by atoms with Crippen molar-refractivity contribution in [1.29, 1.82) is 0 Å². The molecule has 3 aromatic rings.